The van der Waals surface area contributed by atoms with Crippen LogP contribution in [0, 0.1) is 44.6 Å². The van der Waals surface area contributed by atoms with Crippen molar-refractivity contribution in [3.8, 4) is 66.8 Å². The molecule has 12 aromatic rings. The molecule has 6 aliphatic rings. The van der Waals surface area contributed by atoms with Gasteiger partial charge in [0.25, 0.3) is 0 Å². The number of ether oxygens (including phenoxy) is 6. The fraction of sp³-hybridized carbons (Fsp3) is 0.274. The summed E-state index contributed by atoms with van der Waals surface area (Å²) in [5, 5.41) is 4.93. The summed E-state index contributed by atoms with van der Waals surface area (Å²) < 4.78 is 33.0. The van der Waals surface area contributed by atoms with E-state index >= 15 is 0 Å². The number of benzene rings is 12. The van der Waals surface area contributed by atoms with Gasteiger partial charge < -0.3 is 73.0 Å². The quantitative estimate of drug-likeness (QED) is 0.0420. The third-order valence-electron chi connectivity index (χ3n) is 27.9. The predicted octanol–water partition coefficient (Wildman–Crippen LogP) is 37.3. The minimum absolute atomic E-state index is 0. The van der Waals surface area contributed by atoms with Crippen LogP contribution in [0.4, 0.5) is 0 Å². The van der Waals surface area contributed by atoms with Gasteiger partial charge in [-0.1, -0.05) is 361 Å². The van der Waals surface area contributed by atoms with Crippen molar-refractivity contribution in [3.05, 3.63) is 433 Å². The van der Waals surface area contributed by atoms with Crippen LogP contribution >= 0.6 is 51.1 Å². The van der Waals surface area contributed by atoms with Crippen molar-refractivity contribution in [1.29, 1.82) is 0 Å². The Morgan fingerprint density at radius 1 is 0.282 bits per heavy atom. The van der Waals surface area contributed by atoms with E-state index in [9.17, 15) is 0 Å². The van der Waals surface area contributed by atoms with Crippen LogP contribution in [0.5, 0.6) is 0 Å². The first-order valence-electron chi connectivity index (χ1n) is 46.9. The summed E-state index contributed by atoms with van der Waals surface area (Å²) in [5.41, 5.74) is 51.0. The van der Waals surface area contributed by atoms with E-state index in [-0.39, 0.29) is 50.2 Å². The molecule has 0 saturated carbocycles. The fourth-order valence-electron chi connectivity index (χ4n) is 22.9. The number of fused-ring (bicyclic) bond motifs is 6. The average Bonchev–Trinajstić information content (AvgIpc) is 1.58. The molecule has 0 bridgehead atoms. The molecule has 0 fully saturated rings. The minimum atomic E-state index is -1.99. The van der Waals surface area contributed by atoms with Crippen molar-refractivity contribution in [2.75, 3.05) is 35.0 Å². The second-order valence-corrected chi connectivity index (χ2v) is 64.0. The molecule has 18 heteroatoms. The van der Waals surface area contributed by atoms with Crippen LogP contribution in [0.3, 0.4) is 0 Å². The number of halogens is 6. The van der Waals surface area contributed by atoms with Gasteiger partial charge in [-0.05, 0) is 255 Å². The molecule has 6 nitrogen and oxygen atoms in total. The van der Waals surface area contributed by atoms with E-state index in [0.29, 0.717) is 56.3 Å². The summed E-state index contributed by atoms with van der Waals surface area (Å²) in [6.45, 7) is 42.8. The topological polar surface area (TPSA) is 55.4 Å². The van der Waals surface area contributed by atoms with Gasteiger partial charge in [-0.15, -0.1) is 0 Å². The van der Waals surface area contributed by atoms with Gasteiger partial charge in [-0.2, -0.15) is 0 Å². The van der Waals surface area contributed by atoms with E-state index < -0.39 is 86.8 Å². The molecule has 0 radical (unpaired) electrons. The maximum absolute atomic E-state index is 6.02. The molecule has 6 aliphatic carbocycles. The molecule has 0 saturated heterocycles. The van der Waals surface area contributed by atoms with Crippen molar-refractivity contribution >= 4 is 109 Å². The summed E-state index contributed by atoms with van der Waals surface area (Å²) >= 11 is -2.48. The molecular weight excluding hydrogens is 2160 g/mol. The zero-order chi connectivity index (χ0) is 97.5. The fourth-order valence-corrected chi connectivity index (χ4v) is 36.8. The van der Waals surface area contributed by atoms with Gasteiger partial charge in [0, 0.05) is 51.7 Å². The van der Waals surface area contributed by atoms with Gasteiger partial charge in [-0.25, -0.2) is 0 Å². The van der Waals surface area contributed by atoms with Crippen molar-refractivity contribution in [2.45, 2.75) is 190 Å². The van der Waals surface area contributed by atoms with Crippen molar-refractivity contribution < 1.29 is 91.0 Å². The van der Waals surface area contributed by atoms with E-state index in [1.807, 2.05) is 6.92 Å². The molecule has 142 heavy (non-hydrogen) atoms. The first kappa shape index (κ1) is 123. The predicted molar refractivity (Wildman–Crippen MR) is 618 cm³/mol. The Bertz CT molecular complexity index is 6410. The molecule has 0 aromatic heterocycles. The summed E-state index contributed by atoms with van der Waals surface area (Å²) in [4.78, 5) is 0. The molecule has 0 N–H and O–H groups in total. The Morgan fingerprint density at radius 2 is 0.479 bits per heavy atom. The Hall–Kier alpha value is -6.12. The van der Waals surface area contributed by atoms with Gasteiger partial charge in [0.2, 0.25) is 0 Å². The molecule has 744 valence electrons. The van der Waals surface area contributed by atoms with Gasteiger partial charge >= 0.3 is 114 Å². The maximum atomic E-state index is 6.02. The monoisotopic (exact) mass is 2290 g/mol. The number of allylic oxidation sites excluding steroid dienone is 6. The Morgan fingerprint density at radius 3 is 0.697 bits per heavy atom. The zero-order valence-electron chi connectivity index (χ0n) is 88.5. The molecule has 0 aliphatic heterocycles. The van der Waals surface area contributed by atoms with E-state index in [1.165, 1.54) is 184 Å². The molecule has 0 heterocycles. The van der Waals surface area contributed by atoms with Crippen LogP contribution in [-0.4, -0.2) is 64.9 Å². The molecule has 0 spiro atoms. The molecule has 0 amide bonds. The van der Waals surface area contributed by atoms with Crippen LogP contribution < -0.4 is 0 Å². The first-order chi connectivity index (χ1) is 65.4. The van der Waals surface area contributed by atoms with E-state index in [0.717, 1.165) is 25.9 Å². The van der Waals surface area contributed by atoms with Gasteiger partial charge in [0.05, 0.1) is 69.5 Å². The van der Waals surface area contributed by atoms with Crippen molar-refractivity contribution in [1.82, 2.24) is 0 Å². The molecule has 12 aromatic carbocycles. The van der Waals surface area contributed by atoms with Gasteiger partial charge in [-0.3, -0.25) is 0 Å². The third-order valence-corrected chi connectivity index (χ3v) is 40.4. The van der Waals surface area contributed by atoms with Gasteiger partial charge in [0.1, 0.15) is 0 Å². The second-order valence-electron chi connectivity index (χ2n) is 39.2. The molecule has 18 rings (SSSR count). The van der Waals surface area contributed by atoms with Crippen LogP contribution in [0.1, 0.15) is 186 Å². The van der Waals surface area contributed by atoms with Crippen LogP contribution in [0.25, 0.3) is 101 Å². The Balaban J connectivity index is 0.000000272. The number of rotatable bonds is 25. The van der Waals surface area contributed by atoms with E-state index in [1.54, 1.807) is 60.7 Å². The van der Waals surface area contributed by atoms with Crippen LogP contribution in [0.2, 0.25) is 39.3 Å². The van der Waals surface area contributed by atoms with Crippen LogP contribution in [-0.2, 0) is 150 Å². The van der Waals surface area contributed by atoms with Crippen molar-refractivity contribution in [2.24, 2.45) is 0 Å². The number of hydrogen-bond donors (Lipinski definition) is 0. The van der Waals surface area contributed by atoms with Crippen molar-refractivity contribution in [3.63, 3.8) is 0 Å². The number of methoxy groups -OCH3 is 4. The summed E-state index contributed by atoms with van der Waals surface area (Å²) in [7, 11) is 30.7. The van der Waals surface area contributed by atoms with Crippen LogP contribution in [0.15, 0.2) is 288 Å². The Kier molecular flexibility index (Phi) is 48.4. The Labute approximate surface area is 914 Å². The summed E-state index contributed by atoms with van der Waals surface area (Å²) in [6, 6.07) is 95.1. The molecule has 3 atom stereocenters. The summed E-state index contributed by atoms with van der Waals surface area (Å²) in [5.74, 6) is 0. The third kappa shape index (κ3) is 27.7. The van der Waals surface area contributed by atoms with E-state index in [2.05, 4.69) is 375 Å². The number of hydrogen-bond acceptors (Lipinski definition) is 6. The van der Waals surface area contributed by atoms with E-state index in [4.69, 9.17) is 79.5 Å². The first-order valence-corrected chi connectivity index (χ1v) is 75.1. The average molecular weight is 2300 g/mol. The standard InChI is InChI=1S/C41H46O2Si.C39H42O2Si.C38H40O2Si.6CH3.6ClH.3Zr/c1-27-23-37-33(31-19-15-29(16-20-31)25-42-6)11-9-13-35(37)39(27)44(7,8)40-28(2)24-38-34(12-10-14-36(38)40)32-21-17-30(18-22-32)26-43-41(3,4)5;1-7-41-25-29-16-20-31(21-17-29)33-11-9-13-35-37(33)23-27(3)39(35)42(5,6)38-26(2)22-36-32(10-8-12-34(36)38)30-18-14-28(15-19-30)24-40-4;1-25-21-35-31(29-17-13-27(14-18-29)23-39-3)9-7-11-33(35)37(25)41(5,6)38-26(2)22-36-32(10-8-12-34(36)38)30-19-15-28(16-20-30)24-40-4;;;;;;;;;;;;;;;/h9-22,24,40H,23,25-26H2,1-8H3;8-22,38H,7,23-25H2,1-6H3;7-21,37H,22-24H2,1-6H3;6*1H3;6*1H;;;/q;;;6*-1;;;;;;;3*+4/p-6. The second kappa shape index (κ2) is 55.9. The normalized spacial score (nSPS) is 14.7. The summed E-state index contributed by atoms with van der Waals surface area (Å²) in [6.07, 6.45) is 10.5. The molecular formula is C124H146Cl6O6Si3Zr3. The van der Waals surface area contributed by atoms with Gasteiger partial charge in [0.15, 0.2) is 0 Å². The zero-order valence-corrected chi connectivity index (χ0v) is 103. The SMILES string of the molecule is CCOCc1ccc(-c2cccc3c2CC(C)=C3[Si](C)(C)C2C(C)=Cc3c(-c4ccc(COC)cc4)cccc32)cc1.COCc1ccc(-c2cccc3c2C=C(C)C3[Si](C)(C)C2=C(C)Cc3c2cccc3-c2ccc(COC)cc2)cc1.COCc1ccc(-c2cccc3c2CC(C)=C3[Si](C)(C)C2C(C)=Cc3c(-c4ccc(COC(C)(C)C)cc4)cccc32)cc1.[CH3-].[CH3-].[CH3-].[CH3-].[CH3-].[CH3-].[Cl][Zr+2][Cl].[Cl][Zr+2][Cl].[Cl][Zr+2][Cl]. The molecule has 3 unspecified atom stereocenters.